The molecule has 8 heteroatoms. The molecule has 0 bridgehead atoms. The molecule has 2 rings (SSSR count). The average molecular weight is 302 g/mol. The Kier molecular flexibility index (Phi) is 4.17. The second-order valence-corrected chi connectivity index (χ2v) is 4.67. The largest absolute Gasteiger partial charge is 0.480 e. The van der Waals surface area contributed by atoms with Gasteiger partial charge in [0, 0.05) is 12.1 Å². The Labute approximate surface area is 118 Å². The number of alkyl halides is 3. The Hall–Kier alpha value is -2.09. The number of nitrogens with one attached hydrogen (secondary N) is 1. The van der Waals surface area contributed by atoms with E-state index in [9.17, 15) is 22.8 Å². The summed E-state index contributed by atoms with van der Waals surface area (Å²) in [4.78, 5) is 24.3. The van der Waals surface area contributed by atoms with E-state index in [1.165, 1.54) is 0 Å². The topological polar surface area (TPSA) is 69.6 Å². The summed E-state index contributed by atoms with van der Waals surface area (Å²) in [6.45, 7) is -1.87. The van der Waals surface area contributed by atoms with Crippen molar-refractivity contribution in [1.82, 2.24) is 5.32 Å². The van der Waals surface area contributed by atoms with E-state index in [-0.39, 0.29) is 6.42 Å². The average Bonchev–Trinajstić information content (AvgIpc) is 2.76. The van der Waals surface area contributed by atoms with Crippen LogP contribution in [0.15, 0.2) is 24.3 Å². The minimum Gasteiger partial charge on any atom is -0.480 e. The van der Waals surface area contributed by atoms with E-state index in [4.69, 9.17) is 5.11 Å². The molecule has 0 radical (unpaired) electrons. The molecule has 0 saturated heterocycles. The predicted molar refractivity (Wildman–Crippen MR) is 68.0 cm³/mol. The number of carbonyl (C=O) groups excluding carboxylic acids is 1. The molecule has 0 aromatic heterocycles. The number of hydrogen-bond donors (Lipinski definition) is 2. The van der Waals surface area contributed by atoms with Gasteiger partial charge in [-0.15, -0.1) is 0 Å². The van der Waals surface area contributed by atoms with Gasteiger partial charge in [0.1, 0.15) is 6.04 Å². The minimum atomic E-state index is -4.42. The fraction of sp³-hybridized carbons (Fsp3) is 0.385. The first-order valence-corrected chi connectivity index (χ1v) is 6.20. The molecule has 1 aromatic carbocycles. The Morgan fingerprint density at radius 3 is 2.62 bits per heavy atom. The van der Waals surface area contributed by atoms with Crippen molar-refractivity contribution >= 4 is 17.6 Å². The second kappa shape index (κ2) is 5.72. The van der Waals surface area contributed by atoms with Crippen LogP contribution in [0.3, 0.4) is 0 Å². The molecule has 1 heterocycles. The van der Waals surface area contributed by atoms with Crippen molar-refractivity contribution in [1.29, 1.82) is 0 Å². The Morgan fingerprint density at radius 1 is 1.33 bits per heavy atom. The number of para-hydroxylation sites is 1. The summed E-state index contributed by atoms with van der Waals surface area (Å²) in [6.07, 6.45) is -4.27. The smallest absolute Gasteiger partial charge is 0.401 e. The molecule has 0 fully saturated rings. The van der Waals surface area contributed by atoms with Gasteiger partial charge in [-0.05, 0) is 11.6 Å². The van der Waals surface area contributed by atoms with Crippen molar-refractivity contribution in [3.63, 3.8) is 0 Å². The van der Waals surface area contributed by atoms with Gasteiger partial charge in [0.15, 0.2) is 0 Å². The maximum atomic E-state index is 12.0. The van der Waals surface area contributed by atoms with Gasteiger partial charge in [-0.25, -0.2) is 4.79 Å². The van der Waals surface area contributed by atoms with Gasteiger partial charge >= 0.3 is 12.1 Å². The number of anilines is 1. The van der Waals surface area contributed by atoms with Crippen molar-refractivity contribution < 1.29 is 27.9 Å². The highest BCUT2D eigenvalue weighted by atomic mass is 19.4. The lowest BCUT2D eigenvalue weighted by molar-refractivity contribution is -0.140. The third-order valence-electron chi connectivity index (χ3n) is 3.13. The van der Waals surface area contributed by atoms with E-state index in [2.05, 4.69) is 0 Å². The first-order valence-electron chi connectivity index (χ1n) is 6.20. The Bertz CT molecular complexity index is 560. The van der Waals surface area contributed by atoms with Crippen molar-refractivity contribution in [2.45, 2.75) is 18.6 Å². The number of halogens is 3. The fourth-order valence-corrected chi connectivity index (χ4v) is 2.29. The van der Waals surface area contributed by atoms with Crippen LogP contribution in [-0.2, 0) is 16.0 Å². The number of aliphatic carboxylic acids is 1. The van der Waals surface area contributed by atoms with Crippen molar-refractivity contribution in [3.05, 3.63) is 29.8 Å². The molecule has 0 spiro atoms. The fourth-order valence-electron chi connectivity index (χ4n) is 2.29. The molecule has 1 amide bonds. The molecular formula is C13H13F3N2O3. The number of carboxylic acid groups (broad SMARTS) is 1. The van der Waals surface area contributed by atoms with Gasteiger partial charge in [0.25, 0.3) is 0 Å². The Morgan fingerprint density at radius 2 is 2.00 bits per heavy atom. The highest BCUT2D eigenvalue weighted by Crippen LogP contribution is 2.32. The summed E-state index contributed by atoms with van der Waals surface area (Å²) in [5.41, 5.74) is 1.12. The number of carboxylic acids is 1. The normalized spacial score (nSPS) is 17.7. The lowest BCUT2D eigenvalue weighted by Crippen LogP contribution is -2.47. The maximum Gasteiger partial charge on any atom is 0.401 e. The van der Waals surface area contributed by atoms with Crippen molar-refractivity contribution in [2.75, 3.05) is 18.0 Å². The van der Waals surface area contributed by atoms with Crippen LogP contribution in [-0.4, -0.2) is 42.3 Å². The first kappa shape index (κ1) is 15.3. The Balaban J connectivity index is 2.11. The van der Waals surface area contributed by atoms with Crippen molar-refractivity contribution in [2.24, 2.45) is 0 Å². The molecule has 114 valence electrons. The van der Waals surface area contributed by atoms with Crippen LogP contribution in [0.5, 0.6) is 0 Å². The lowest BCUT2D eigenvalue weighted by atomic mass is 10.1. The number of carbonyl (C=O) groups is 2. The van der Waals surface area contributed by atoms with Gasteiger partial charge in [-0.1, -0.05) is 18.2 Å². The molecule has 1 aliphatic heterocycles. The molecule has 0 aliphatic carbocycles. The third kappa shape index (κ3) is 3.52. The van der Waals surface area contributed by atoms with Gasteiger partial charge in [0.05, 0.1) is 13.1 Å². The summed E-state index contributed by atoms with van der Waals surface area (Å²) in [5.74, 6) is -1.88. The van der Waals surface area contributed by atoms with E-state index in [1.54, 1.807) is 24.3 Å². The molecule has 2 N–H and O–H groups in total. The van der Waals surface area contributed by atoms with Crippen LogP contribution in [0.2, 0.25) is 0 Å². The molecule has 0 saturated carbocycles. The first-order chi connectivity index (χ1) is 9.79. The number of rotatable bonds is 4. The highest BCUT2D eigenvalue weighted by molar-refractivity contribution is 6.02. The molecule has 1 aromatic rings. The zero-order valence-corrected chi connectivity index (χ0v) is 10.9. The monoisotopic (exact) mass is 302 g/mol. The molecule has 1 aliphatic rings. The van der Waals surface area contributed by atoms with Gasteiger partial charge < -0.3 is 10.4 Å². The highest BCUT2D eigenvalue weighted by Gasteiger charge is 2.38. The van der Waals surface area contributed by atoms with Crippen LogP contribution in [0, 0.1) is 0 Å². The van der Waals surface area contributed by atoms with Gasteiger partial charge in [-0.2, -0.15) is 13.2 Å². The number of amides is 1. The van der Waals surface area contributed by atoms with E-state index < -0.39 is 37.2 Å². The maximum absolute atomic E-state index is 12.0. The summed E-state index contributed by atoms with van der Waals surface area (Å²) in [5, 5.41) is 11.1. The quantitative estimate of drug-likeness (QED) is 0.876. The van der Waals surface area contributed by atoms with Crippen LogP contribution in [0.1, 0.15) is 5.56 Å². The molecule has 1 atom stereocenters. The zero-order chi connectivity index (χ0) is 15.6. The van der Waals surface area contributed by atoms with E-state index in [0.29, 0.717) is 11.3 Å². The summed E-state index contributed by atoms with van der Waals surface area (Å²) < 4.78 is 36.1. The number of fused-ring (bicyclic) bond motifs is 1. The summed E-state index contributed by atoms with van der Waals surface area (Å²) in [7, 11) is 0. The molecule has 1 unspecified atom stereocenters. The third-order valence-corrected chi connectivity index (χ3v) is 3.13. The standard InChI is InChI=1S/C13H13F3N2O3/c14-13(15,16)7-17-6-11(19)18-9-4-2-1-3-8(9)5-10(18)12(20)21/h1-4,10,17H,5-7H2,(H,20,21). The number of hydrogen-bond acceptors (Lipinski definition) is 3. The SMILES string of the molecule is O=C(O)C1Cc2ccccc2N1C(=O)CNCC(F)(F)F. The van der Waals surface area contributed by atoms with Crippen molar-refractivity contribution in [3.8, 4) is 0 Å². The number of benzene rings is 1. The lowest BCUT2D eigenvalue weighted by Gasteiger charge is -2.23. The van der Waals surface area contributed by atoms with Gasteiger partial charge in [-0.3, -0.25) is 9.69 Å². The predicted octanol–water partition coefficient (Wildman–Crippen LogP) is 1.18. The molecular weight excluding hydrogens is 289 g/mol. The number of nitrogens with zero attached hydrogens (tertiary/aromatic N) is 1. The van der Waals surface area contributed by atoms with E-state index in [1.807, 2.05) is 5.32 Å². The van der Waals surface area contributed by atoms with Crippen LogP contribution in [0.25, 0.3) is 0 Å². The molecule has 21 heavy (non-hydrogen) atoms. The van der Waals surface area contributed by atoms with E-state index >= 15 is 0 Å². The van der Waals surface area contributed by atoms with Gasteiger partial charge in [0.2, 0.25) is 5.91 Å². The second-order valence-electron chi connectivity index (χ2n) is 4.67. The molecule has 5 nitrogen and oxygen atoms in total. The zero-order valence-electron chi connectivity index (χ0n) is 10.9. The van der Waals surface area contributed by atoms with Crippen LogP contribution in [0.4, 0.5) is 18.9 Å². The summed E-state index contributed by atoms with van der Waals surface area (Å²) >= 11 is 0. The minimum absolute atomic E-state index is 0.149. The van der Waals surface area contributed by atoms with E-state index in [0.717, 1.165) is 4.90 Å². The van der Waals surface area contributed by atoms with Crippen LogP contribution >= 0.6 is 0 Å². The summed E-state index contributed by atoms with van der Waals surface area (Å²) in [6, 6.07) is 5.56. The van der Waals surface area contributed by atoms with Crippen LogP contribution < -0.4 is 10.2 Å².